The summed E-state index contributed by atoms with van der Waals surface area (Å²) in [5.74, 6) is 2.21. The van der Waals surface area contributed by atoms with E-state index in [9.17, 15) is 9.90 Å². The normalized spacial score (nSPS) is 55.1. The summed E-state index contributed by atoms with van der Waals surface area (Å²) < 4.78 is 5.90. The topological polar surface area (TPSA) is 46.5 Å². The quantitative estimate of drug-likeness (QED) is 0.306. The van der Waals surface area contributed by atoms with Gasteiger partial charge in [0.05, 0.1) is 5.60 Å². The number of carbonyl (C=O) groups excluding carboxylic acids is 1. The molecule has 1 N–H and O–H groups in total. The van der Waals surface area contributed by atoms with Crippen molar-refractivity contribution in [2.75, 3.05) is 0 Å². The molecule has 3 nitrogen and oxygen atoms in total. The van der Waals surface area contributed by atoms with E-state index in [4.69, 9.17) is 4.74 Å². The summed E-state index contributed by atoms with van der Waals surface area (Å²) in [5.41, 5.74) is 1.58. The van der Waals surface area contributed by atoms with Crippen molar-refractivity contribution in [3.05, 3.63) is 12.2 Å². The van der Waals surface area contributed by atoms with E-state index in [1.54, 1.807) is 6.92 Å². The molecule has 0 aromatic heterocycles. The minimum atomic E-state index is -0.719. The third kappa shape index (κ3) is 3.28. The summed E-state index contributed by atoms with van der Waals surface area (Å²) in [6.45, 7) is 23.3. The maximum absolute atomic E-state index is 11.9. The van der Waals surface area contributed by atoms with Gasteiger partial charge in [-0.3, -0.25) is 4.79 Å². The zero-order valence-corrected chi connectivity index (χ0v) is 23.9. The Kier molecular flexibility index (Phi) is 5.61. The van der Waals surface area contributed by atoms with Gasteiger partial charge in [0.1, 0.15) is 6.10 Å². The zero-order chi connectivity index (χ0) is 25.8. The van der Waals surface area contributed by atoms with E-state index >= 15 is 0 Å². The van der Waals surface area contributed by atoms with Crippen molar-refractivity contribution in [2.24, 2.45) is 50.7 Å². The second-order valence-electron chi connectivity index (χ2n) is 15.6. The number of esters is 1. The van der Waals surface area contributed by atoms with Crippen LogP contribution in [0.25, 0.3) is 0 Å². The highest BCUT2D eigenvalue weighted by Gasteiger charge is 2.70. The maximum atomic E-state index is 11.9. The van der Waals surface area contributed by atoms with Gasteiger partial charge in [-0.05, 0) is 122 Å². The Bertz CT molecular complexity index is 918. The van der Waals surface area contributed by atoms with Crippen molar-refractivity contribution in [2.45, 2.75) is 131 Å². The van der Waals surface area contributed by atoms with Crippen molar-refractivity contribution in [1.29, 1.82) is 0 Å². The average molecular weight is 485 g/mol. The van der Waals surface area contributed by atoms with Gasteiger partial charge in [-0.2, -0.15) is 0 Å². The number of fused-ring (bicyclic) bond motifs is 7. The third-order valence-electron chi connectivity index (χ3n) is 13.8. The Labute approximate surface area is 214 Å². The van der Waals surface area contributed by atoms with Crippen molar-refractivity contribution in [1.82, 2.24) is 0 Å². The predicted octanol–water partition coefficient (Wildman–Crippen LogP) is 7.71. The molecule has 0 aromatic carbocycles. The fraction of sp³-hybridized carbons (Fsp3) is 0.906. The lowest BCUT2D eigenvalue weighted by molar-refractivity contribution is -0.250. The molecule has 5 aliphatic rings. The molecule has 5 rings (SSSR count). The first-order valence-electron chi connectivity index (χ1n) is 14.6. The number of rotatable bonds is 1. The Morgan fingerprint density at radius 2 is 1.49 bits per heavy atom. The molecule has 0 spiro atoms. The van der Waals surface area contributed by atoms with Gasteiger partial charge in [0.15, 0.2) is 0 Å². The van der Waals surface area contributed by atoms with Crippen molar-refractivity contribution < 1.29 is 14.6 Å². The number of aliphatic hydroxyl groups is 1. The Morgan fingerprint density at radius 3 is 2.14 bits per heavy atom. The van der Waals surface area contributed by atoms with E-state index in [-0.39, 0.29) is 33.7 Å². The number of carbonyl (C=O) groups is 1. The number of hydrogen-bond donors (Lipinski definition) is 1. The lowest BCUT2D eigenvalue weighted by Gasteiger charge is -2.73. The van der Waals surface area contributed by atoms with Gasteiger partial charge >= 0.3 is 5.97 Å². The summed E-state index contributed by atoms with van der Waals surface area (Å²) in [4.78, 5) is 11.9. The minimum absolute atomic E-state index is 0.0131. The fourth-order valence-corrected chi connectivity index (χ4v) is 11.5. The summed E-state index contributed by atoms with van der Waals surface area (Å²) in [7, 11) is 0. The smallest absolute Gasteiger partial charge is 0.302 e. The van der Waals surface area contributed by atoms with Crippen molar-refractivity contribution >= 4 is 5.97 Å². The van der Waals surface area contributed by atoms with Gasteiger partial charge in [0.25, 0.3) is 0 Å². The molecule has 0 saturated heterocycles. The Morgan fingerprint density at radius 1 is 0.829 bits per heavy atom. The average Bonchev–Trinajstić information content (AvgIpc) is 2.74. The highest BCUT2D eigenvalue weighted by molar-refractivity contribution is 5.66. The molecule has 0 aliphatic heterocycles. The van der Waals surface area contributed by atoms with Crippen LogP contribution < -0.4 is 0 Å². The third-order valence-corrected chi connectivity index (χ3v) is 13.8. The van der Waals surface area contributed by atoms with E-state index in [1.807, 2.05) is 6.92 Å². The van der Waals surface area contributed by atoms with Gasteiger partial charge in [-0.15, -0.1) is 0 Å². The standard InChI is InChI=1S/C32H52O3/c1-20-26-22-10-11-24-29(6)14-13-25(35-21(2)33)27(3,4)23(29)12-15-31(24,8)30(22,7)18-16-28(26,5)17-19-32(20,9)34/h22-26,34H,1,10-19H2,2-9H3. The number of ether oxygens (including phenoxy) is 1. The van der Waals surface area contributed by atoms with Crippen molar-refractivity contribution in [3.8, 4) is 0 Å². The monoisotopic (exact) mass is 484 g/mol. The van der Waals surface area contributed by atoms with Crippen LogP contribution in [0.5, 0.6) is 0 Å². The summed E-state index contributed by atoms with van der Waals surface area (Å²) in [5, 5.41) is 11.3. The van der Waals surface area contributed by atoms with E-state index in [2.05, 4.69) is 48.1 Å². The van der Waals surface area contributed by atoms with Crippen LogP contribution in [0.2, 0.25) is 0 Å². The minimum Gasteiger partial charge on any atom is -0.462 e. The lowest BCUT2D eigenvalue weighted by Crippen LogP contribution is -2.67. The van der Waals surface area contributed by atoms with E-state index in [0.29, 0.717) is 29.1 Å². The molecule has 5 saturated carbocycles. The maximum Gasteiger partial charge on any atom is 0.302 e. The summed E-state index contributed by atoms with van der Waals surface area (Å²) >= 11 is 0. The molecule has 10 atom stereocenters. The highest BCUT2D eigenvalue weighted by atomic mass is 16.5. The van der Waals surface area contributed by atoms with E-state index < -0.39 is 5.60 Å². The summed E-state index contributed by atoms with van der Waals surface area (Å²) in [6, 6.07) is 0. The molecule has 3 heteroatoms. The van der Waals surface area contributed by atoms with Crippen molar-refractivity contribution in [3.63, 3.8) is 0 Å². The second-order valence-corrected chi connectivity index (χ2v) is 15.6. The molecule has 0 bridgehead atoms. The van der Waals surface area contributed by atoms with E-state index in [0.717, 1.165) is 24.8 Å². The molecule has 0 radical (unpaired) electrons. The summed E-state index contributed by atoms with van der Waals surface area (Å²) in [6.07, 6.45) is 11.8. The molecule has 0 aromatic rings. The van der Waals surface area contributed by atoms with Crippen LogP contribution in [0.3, 0.4) is 0 Å². The van der Waals surface area contributed by atoms with Crippen LogP contribution in [0.1, 0.15) is 120 Å². The molecule has 10 unspecified atom stereocenters. The van der Waals surface area contributed by atoms with Crippen LogP contribution in [0.4, 0.5) is 0 Å². The lowest BCUT2D eigenvalue weighted by atomic mass is 9.31. The Balaban J connectivity index is 1.51. The van der Waals surface area contributed by atoms with Gasteiger partial charge in [-0.1, -0.05) is 48.1 Å². The fourth-order valence-electron chi connectivity index (χ4n) is 11.5. The molecule has 198 valence electrons. The molecule has 35 heavy (non-hydrogen) atoms. The van der Waals surface area contributed by atoms with Gasteiger partial charge in [0, 0.05) is 12.3 Å². The first kappa shape index (κ1) is 25.8. The van der Waals surface area contributed by atoms with Crippen LogP contribution in [-0.4, -0.2) is 22.8 Å². The Hall–Kier alpha value is -0.830. The molecule has 5 fully saturated rings. The second kappa shape index (κ2) is 7.61. The molecular weight excluding hydrogens is 432 g/mol. The van der Waals surface area contributed by atoms with E-state index in [1.165, 1.54) is 44.9 Å². The molecule has 0 amide bonds. The highest BCUT2D eigenvalue weighted by Crippen LogP contribution is 2.77. The zero-order valence-electron chi connectivity index (χ0n) is 23.9. The molecule has 5 aliphatic carbocycles. The largest absolute Gasteiger partial charge is 0.462 e. The molecular formula is C32H52O3. The van der Waals surface area contributed by atoms with Crippen LogP contribution in [-0.2, 0) is 9.53 Å². The number of hydrogen-bond acceptors (Lipinski definition) is 3. The van der Waals surface area contributed by atoms with Gasteiger partial charge in [-0.25, -0.2) is 0 Å². The van der Waals surface area contributed by atoms with Crippen LogP contribution in [0, 0.1) is 50.7 Å². The SMILES string of the molecule is C=C1C2C3CCC4C5(C)CCC(OC(C)=O)C(C)(C)C5CCC4(C)C3(C)CCC2(C)CCC1(C)O. The van der Waals surface area contributed by atoms with Crippen LogP contribution >= 0.6 is 0 Å². The van der Waals surface area contributed by atoms with Gasteiger partial charge in [0.2, 0.25) is 0 Å². The first-order chi connectivity index (χ1) is 16.0. The predicted molar refractivity (Wildman–Crippen MR) is 142 cm³/mol. The van der Waals surface area contributed by atoms with Crippen LogP contribution in [0.15, 0.2) is 12.2 Å². The van der Waals surface area contributed by atoms with Gasteiger partial charge < -0.3 is 9.84 Å². The molecule has 0 heterocycles. The first-order valence-corrected chi connectivity index (χ1v) is 14.6.